The summed E-state index contributed by atoms with van der Waals surface area (Å²) >= 11 is 0. The Bertz CT molecular complexity index is 1070. The van der Waals surface area contributed by atoms with E-state index in [1.165, 1.54) is 24.1 Å². The lowest BCUT2D eigenvalue weighted by molar-refractivity contribution is -0.140. The molecule has 6 nitrogen and oxygen atoms in total. The van der Waals surface area contributed by atoms with Gasteiger partial charge in [-0.05, 0) is 61.8 Å². The molecular weight excluding hydrogens is 423 g/mol. The second kappa shape index (κ2) is 10.2. The van der Waals surface area contributed by atoms with Gasteiger partial charge in [0.05, 0.1) is 24.3 Å². The Morgan fingerprint density at radius 1 is 1.12 bits per heavy atom. The molecule has 1 aliphatic rings. The number of hydrogen-bond donors (Lipinski definition) is 1. The average molecular weight is 455 g/mol. The van der Waals surface area contributed by atoms with Gasteiger partial charge >= 0.3 is 0 Å². The number of benzene rings is 2. The molecule has 1 saturated heterocycles. The van der Waals surface area contributed by atoms with Crippen molar-refractivity contribution in [3.8, 4) is 5.75 Å². The highest BCUT2D eigenvalue weighted by atomic mass is 19.1. The summed E-state index contributed by atoms with van der Waals surface area (Å²) in [6.45, 7) is 10.3. The number of carbonyl (C=O) groups is 2. The summed E-state index contributed by atoms with van der Waals surface area (Å²) in [7, 11) is 1.49. The maximum Gasteiger partial charge on any atom is 0.295 e. The molecule has 176 valence electrons. The Labute approximate surface area is 194 Å². The SMILES string of the molecule is CCN(CC)CCN1C(=O)C(=O)/C(=C(/O)c2cc(C)cc(C)c2OC)C1c1ccc(F)cc1. The van der Waals surface area contributed by atoms with Crippen molar-refractivity contribution in [1.29, 1.82) is 0 Å². The predicted molar refractivity (Wildman–Crippen MR) is 126 cm³/mol. The summed E-state index contributed by atoms with van der Waals surface area (Å²) in [6.07, 6.45) is 0. The molecule has 0 bridgehead atoms. The molecule has 2 aromatic rings. The highest BCUT2D eigenvalue weighted by Crippen LogP contribution is 2.41. The van der Waals surface area contributed by atoms with Gasteiger partial charge in [0.25, 0.3) is 11.7 Å². The van der Waals surface area contributed by atoms with Gasteiger partial charge in [-0.2, -0.15) is 0 Å². The maximum absolute atomic E-state index is 13.6. The van der Waals surface area contributed by atoms with Gasteiger partial charge in [0, 0.05) is 13.1 Å². The number of nitrogens with zero attached hydrogens (tertiary/aromatic N) is 2. The van der Waals surface area contributed by atoms with E-state index < -0.39 is 23.5 Å². The molecule has 3 rings (SSSR count). The third-order valence-corrected chi connectivity index (χ3v) is 6.16. The largest absolute Gasteiger partial charge is 0.507 e. The number of likely N-dealkylation sites (N-methyl/N-ethyl adjacent to an activating group) is 1. The van der Waals surface area contributed by atoms with Gasteiger partial charge in [0.2, 0.25) is 0 Å². The van der Waals surface area contributed by atoms with Crippen molar-refractivity contribution in [2.75, 3.05) is 33.3 Å². The van der Waals surface area contributed by atoms with E-state index >= 15 is 0 Å². The number of carbonyl (C=O) groups excluding carboxylic acids is 2. The topological polar surface area (TPSA) is 70.1 Å². The van der Waals surface area contributed by atoms with E-state index in [1.807, 2.05) is 33.8 Å². The van der Waals surface area contributed by atoms with E-state index in [2.05, 4.69) is 4.90 Å². The third kappa shape index (κ3) is 4.78. The summed E-state index contributed by atoms with van der Waals surface area (Å²) in [5, 5.41) is 11.4. The zero-order valence-electron chi connectivity index (χ0n) is 19.8. The molecule has 1 fully saturated rings. The molecule has 1 atom stereocenters. The van der Waals surface area contributed by atoms with Crippen molar-refractivity contribution < 1.29 is 23.8 Å². The summed E-state index contributed by atoms with van der Waals surface area (Å²) < 4.78 is 19.2. The van der Waals surface area contributed by atoms with E-state index in [1.54, 1.807) is 18.2 Å². The molecule has 0 radical (unpaired) electrons. The van der Waals surface area contributed by atoms with Crippen LogP contribution in [0.25, 0.3) is 5.76 Å². The fourth-order valence-corrected chi connectivity index (χ4v) is 4.44. The first-order valence-corrected chi connectivity index (χ1v) is 11.1. The number of hydrogen-bond acceptors (Lipinski definition) is 5. The molecule has 1 N–H and O–H groups in total. The van der Waals surface area contributed by atoms with Gasteiger partial charge in [0.15, 0.2) is 0 Å². The number of amides is 1. The number of aliphatic hydroxyl groups excluding tert-OH is 1. The Morgan fingerprint density at radius 3 is 2.33 bits per heavy atom. The highest BCUT2D eigenvalue weighted by Gasteiger charge is 2.46. The molecule has 1 amide bonds. The third-order valence-electron chi connectivity index (χ3n) is 6.16. The van der Waals surface area contributed by atoms with Crippen molar-refractivity contribution >= 4 is 17.4 Å². The lowest BCUT2D eigenvalue weighted by Crippen LogP contribution is -2.38. The normalized spacial score (nSPS) is 17.8. The van der Waals surface area contributed by atoms with Crippen LogP contribution in [0.3, 0.4) is 0 Å². The maximum atomic E-state index is 13.6. The van der Waals surface area contributed by atoms with Gasteiger partial charge in [-0.15, -0.1) is 0 Å². The average Bonchev–Trinajstić information content (AvgIpc) is 3.04. The van der Waals surface area contributed by atoms with Crippen LogP contribution in [0.1, 0.15) is 42.1 Å². The van der Waals surface area contributed by atoms with Gasteiger partial charge in [-0.1, -0.05) is 32.0 Å². The molecule has 1 heterocycles. The fraction of sp³-hybridized carbons (Fsp3) is 0.385. The molecule has 0 aliphatic carbocycles. The second-order valence-electron chi connectivity index (χ2n) is 8.23. The Hall–Kier alpha value is -3.19. The number of aryl methyl sites for hydroxylation is 2. The number of likely N-dealkylation sites (tertiary alicyclic amines) is 1. The van der Waals surface area contributed by atoms with Crippen molar-refractivity contribution in [3.05, 3.63) is 70.0 Å². The van der Waals surface area contributed by atoms with Crippen molar-refractivity contribution in [3.63, 3.8) is 0 Å². The van der Waals surface area contributed by atoms with E-state index in [4.69, 9.17) is 4.74 Å². The van der Waals surface area contributed by atoms with E-state index in [0.717, 1.165) is 24.2 Å². The van der Waals surface area contributed by atoms with Crippen molar-refractivity contribution in [1.82, 2.24) is 9.80 Å². The monoisotopic (exact) mass is 454 g/mol. The Morgan fingerprint density at radius 2 is 1.76 bits per heavy atom. The predicted octanol–water partition coefficient (Wildman–Crippen LogP) is 4.21. The highest BCUT2D eigenvalue weighted by molar-refractivity contribution is 6.46. The molecular formula is C26H31FN2O4. The number of ketones is 1. The van der Waals surface area contributed by atoms with E-state index in [0.29, 0.717) is 30.0 Å². The van der Waals surface area contributed by atoms with Gasteiger partial charge in [-0.25, -0.2) is 4.39 Å². The van der Waals surface area contributed by atoms with Crippen LogP contribution in [-0.2, 0) is 9.59 Å². The number of halogens is 1. The van der Waals surface area contributed by atoms with Crippen LogP contribution in [0.5, 0.6) is 5.75 Å². The molecule has 33 heavy (non-hydrogen) atoms. The lowest BCUT2D eigenvalue weighted by Gasteiger charge is -2.28. The van der Waals surface area contributed by atoms with Gasteiger partial charge < -0.3 is 19.6 Å². The molecule has 7 heteroatoms. The summed E-state index contributed by atoms with van der Waals surface area (Å²) in [5.74, 6) is -1.72. The smallest absolute Gasteiger partial charge is 0.295 e. The van der Waals surface area contributed by atoms with Crippen LogP contribution >= 0.6 is 0 Å². The molecule has 0 aromatic heterocycles. The van der Waals surface area contributed by atoms with Crippen LogP contribution in [0.15, 0.2) is 42.0 Å². The van der Waals surface area contributed by atoms with Gasteiger partial charge in [-0.3, -0.25) is 9.59 Å². The first-order valence-electron chi connectivity index (χ1n) is 11.1. The first kappa shape index (κ1) is 24.5. The summed E-state index contributed by atoms with van der Waals surface area (Å²) in [6, 6.07) is 8.48. The minimum Gasteiger partial charge on any atom is -0.507 e. The number of aliphatic hydroxyl groups is 1. The minimum atomic E-state index is -0.827. The second-order valence-corrected chi connectivity index (χ2v) is 8.23. The number of Topliss-reactive ketones (excluding diaryl/α,β-unsaturated/α-hetero) is 1. The van der Waals surface area contributed by atoms with Crippen LogP contribution < -0.4 is 4.74 Å². The summed E-state index contributed by atoms with van der Waals surface area (Å²) in [5.41, 5.74) is 2.57. The molecule has 0 spiro atoms. The van der Waals surface area contributed by atoms with Crippen molar-refractivity contribution in [2.24, 2.45) is 0 Å². The molecule has 1 aliphatic heterocycles. The minimum absolute atomic E-state index is 0.0190. The number of rotatable bonds is 8. The number of ether oxygens (including phenoxy) is 1. The Balaban J connectivity index is 2.19. The van der Waals surface area contributed by atoms with E-state index in [-0.39, 0.29) is 11.3 Å². The molecule has 0 saturated carbocycles. The zero-order chi connectivity index (χ0) is 24.3. The quantitative estimate of drug-likeness (QED) is 0.368. The van der Waals surface area contributed by atoms with Crippen LogP contribution in [0.2, 0.25) is 0 Å². The lowest BCUT2D eigenvalue weighted by atomic mass is 9.93. The number of methoxy groups -OCH3 is 1. The van der Waals surface area contributed by atoms with Gasteiger partial charge in [0.1, 0.15) is 17.3 Å². The first-order chi connectivity index (χ1) is 15.7. The summed E-state index contributed by atoms with van der Waals surface area (Å²) in [4.78, 5) is 29.9. The zero-order valence-corrected chi connectivity index (χ0v) is 19.8. The molecule has 2 aromatic carbocycles. The van der Waals surface area contributed by atoms with Crippen molar-refractivity contribution in [2.45, 2.75) is 33.7 Å². The van der Waals surface area contributed by atoms with Crippen LogP contribution in [-0.4, -0.2) is 59.9 Å². The van der Waals surface area contributed by atoms with Crippen LogP contribution in [0, 0.1) is 19.7 Å². The van der Waals surface area contributed by atoms with E-state index in [9.17, 15) is 19.1 Å². The Kier molecular flexibility index (Phi) is 7.53. The van der Waals surface area contributed by atoms with Crippen LogP contribution in [0.4, 0.5) is 4.39 Å². The standard InChI is InChI=1S/C26H31FN2O4/c1-6-28(7-2)12-13-29-22(18-8-10-19(27)11-9-18)21(24(31)26(29)32)23(30)20-15-16(3)14-17(4)25(20)33-5/h8-11,14-15,22,30H,6-7,12-13H2,1-5H3/b23-21+. The fourth-order valence-electron chi connectivity index (χ4n) is 4.44. The molecule has 1 unspecified atom stereocenters.